The van der Waals surface area contributed by atoms with Crippen molar-refractivity contribution in [3.05, 3.63) is 77.2 Å². The largest absolute Gasteiger partial charge is 0.437 e. The van der Waals surface area contributed by atoms with Gasteiger partial charge in [0.2, 0.25) is 5.71 Å². The normalized spacial score (nSPS) is 12.1. The van der Waals surface area contributed by atoms with Gasteiger partial charge in [-0.15, -0.1) is 0 Å². The molecule has 0 unspecified atom stereocenters. The minimum Gasteiger partial charge on any atom is -0.437 e. The van der Waals surface area contributed by atoms with Gasteiger partial charge in [0, 0.05) is 29.5 Å². The van der Waals surface area contributed by atoms with Gasteiger partial charge in [0.1, 0.15) is 18.1 Å². The van der Waals surface area contributed by atoms with Gasteiger partial charge < -0.3 is 9.73 Å². The number of aromatic nitrogens is 1. The Morgan fingerprint density at radius 2 is 1.62 bits per heavy atom. The van der Waals surface area contributed by atoms with E-state index in [9.17, 15) is 40.3 Å². The molecule has 1 N–H and O–H groups in total. The first-order valence-electron chi connectivity index (χ1n) is 12.0. The number of nitrogens with zero attached hydrogens (tertiary/aromatic N) is 1. The number of benzene rings is 2. The van der Waals surface area contributed by atoms with E-state index in [1.807, 2.05) is 0 Å². The van der Waals surface area contributed by atoms with Crippen LogP contribution in [-0.2, 0) is 6.42 Å². The van der Waals surface area contributed by atoms with Crippen LogP contribution in [0.15, 0.2) is 59.0 Å². The molecule has 2 aromatic carbocycles. The van der Waals surface area contributed by atoms with Crippen molar-refractivity contribution in [3.63, 3.8) is 0 Å². The quantitative estimate of drug-likeness (QED) is 0.175. The van der Waals surface area contributed by atoms with E-state index in [0.29, 0.717) is 5.56 Å². The maximum Gasteiger partial charge on any atom is 0.405 e. The van der Waals surface area contributed by atoms with Crippen LogP contribution < -0.4 is 5.32 Å². The molecule has 2 heterocycles. The monoisotopic (exact) mass is 566 g/mol. The van der Waals surface area contributed by atoms with Gasteiger partial charge in [-0.2, -0.15) is 26.3 Å². The summed E-state index contributed by atoms with van der Waals surface area (Å²) in [5.74, 6) is -1.87. The second kappa shape index (κ2) is 11.1. The predicted molar refractivity (Wildman–Crippen MR) is 132 cm³/mol. The van der Waals surface area contributed by atoms with Crippen LogP contribution in [0.5, 0.6) is 0 Å². The summed E-state index contributed by atoms with van der Waals surface area (Å²) in [6.07, 6.45) is -10.9. The van der Waals surface area contributed by atoms with E-state index in [2.05, 4.69) is 4.98 Å². The summed E-state index contributed by atoms with van der Waals surface area (Å²) in [4.78, 5) is 29.6. The number of furan rings is 1. The van der Waals surface area contributed by atoms with Gasteiger partial charge in [0.15, 0.2) is 5.78 Å². The molecule has 0 saturated carbocycles. The first-order valence-corrected chi connectivity index (χ1v) is 12.0. The van der Waals surface area contributed by atoms with E-state index in [0.717, 1.165) is 12.1 Å². The average molecular weight is 566 g/mol. The van der Waals surface area contributed by atoms with E-state index in [1.54, 1.807) is 12.2 Å². The van der Waals surface area contributed by atoms with Crippen LogP contribution in [0.3, 0.4) is 0 Å². The molecule has 0 spiro atoms. The highest BCUT2D eigenvalue weighted by molar-refractivity contribution is 6.12. The summed E-state index contributed by atoms with van der Waals surface area (Å²) in [5, 5.41) is 1.93. The highest BCUT2D eigenvalue weighted by Crippen LogP contribution is 2.38. The van der Waals surface area contributed by atoms with Gasteiger partial charge in [0.25, 0.3) is 5.91 Å². The maximum atomic E-state index is 13.5. The minimum atomic E-state index is -4.64. The van der Waals surface area contributed by atoms with Crippen molar-refractivity contribution in [1.29, 1.82) is 0 Å². The SMILES string of the molecule is CCC(=O)c1c(-c2ccc(F)cc2)oc2nc(CCC(F)(F)F)c(-c3cccc(C(=O)NCC(F)(F)F)c3)cc12. The van der Waals surface area contributed by atoms with Crippen LogP contribution in [0.2, 0.25) is 0 Å². The number of alkyl halides is 6. The Morgan fingerprint density at radius 1 is 0.925 bits per heavy atom. The molecule has 4 aromatic rings. The molecule has 40 heavy (non-hydrogen) atoms. The molecule has 0 radical (unpaired) electrons. The Bertz CT molecular complexity index is 1560. The van der Waals surface area contributed by atoms with E-state index in [1.165, 1.54) is 42.5 Å². The lowest BCUT2D eigenvalue weighted by molar-refractivity contribution is -0.134. The number of fused-ring (bicyclic) bond motifs is 1. The fraction of sp³-hybridized carbons (Fsp3) is 0.250. The summed E-state index contributed by atoms with van der Waals surface area (Å²) in [7, 11) is 0. The summed E-state index contributed by atoms with van der Waals surface area (Å²) < 4.78 is 96.5. The highest BCUT2D eigenvalue weighted by atomic mass is 19.4. The Balaban J connectivity index is 1.89. The van der Waals surface area contributed by atoms with Crippen molar-refractivity contribution < 1.29 is 44.7 Å². The molecule has 5 nitrogen and oxygen atoms in total. The Morgan fingerprint density at radius 3 is 2.25 bits per heavy atom. The summed E-state index contributed by atoms with van der Waals surface area (Å²) >= 11 is 0. The third-order valence-corrected chi connectivity index (χ3v) is 6.00. The Labute approximate surface area is 223 Å². The molecule has 0 atom stereocenters. The first kappa shape index (κ1) is 28.8. The summed E-state index contributed by atoms with van der Waals surface area (Å²) in [6, 6.07) is 11.8. The fourth-order valence-corrected chi connectivity index (χ4v) is 4.13. The molecule has 0 aliphatic carbocycles. The van der Waals surface area contributed by atoms with E-state index in [-0.39, 0.29) is 57.0 Å². The van der Waals surface area contributed by atoms with Gasteiger partial charge in [-0.05, 0) is 54.4 Å². The molecule has 0 aliphatic rings. The van der Waals surface area contributed by atoms with E-state index in [4.69, 9.17) is 4.42 Å². The number of rotatable bonds is 8. The molecule has 1 amide bonds. The van der Waals surface area contributed by atoms with Crippen LogP contribution in [0.25, 0.3) is 33.6 Å². The lowest BCUT2D eigenvalue weighted by Gasteiger charge is -2.13. The number of nitrogens with one attached hydrogen (secondary N) is 1. The topological polar surface area (TPSA) is 72.2 Å². The van der Waals surface area contributed by atoms with Crippen molar-refractivity contribution in [2.75, 3.05) is 6.54 Å². The van der Waals surface area contributed by atoms with Crippen molar-refractivity contribution in [2.24, 2.45) is 0 Å². The number of carbonyl (C=O) groups excluding carboxylic acids is 2. The zero-order valence-electron chi connectivity index (χ0n) is 20.8. The standard InChI is InChI=1S/C28H21F7N2O3/c1-2-22(38)23-20-13-19(16-4-3-5-17(12-16)25(39)36-14-28(33,34)35)21(10-11-27(30,31)32)37-26(20)40-24(23)15-6-8-18(29)9-7-15/h3-9,12-13H,2,10-11,14H2,1H3,(H,36,39). The summed E-state index contributed by atoms with van der Waals surface area (Å²) in [5.41, 5.74) is 0.443. The van der Waals surface area contributed by atoms with Gasteiger partial charge in [-0.3, -0.25) is 9.59 Å². The first-order chi connectivity index (χ1) is 18.8. The number of pyridine rings is 1. The molecule has 0 aliphatic heterocycles. The molecule has 0 saturated heterocycles. The molecular weight excluding hydrogens is 545 g/mol. The fourth-order valence-electron chi connectivity index (χ4n) is 4.13. The van der Waals surface area contributed by atoms with E-state index >= 15 is 0 Å². The third kappa shape index (κ3) is 6.67. The molecule has 0 fully saturated rings. The van der Waals surface area contributed by atoms with Crippen molar-refractivity contribution >= 4 is 22.8 Å². The van der Waals surface area contributed by atoms with Gasteiger partial charge in [0.05, 0.1) is 16.6 Å². The van der Waals surface area contributed by atoms with Gasteiger partial charge in [-0.1, -0.05) is 19.1 Å². The maximum absolute atomic E-state index is 13.5. The number of carbonyl (C=O) groups is 2. The Kier molecular flexibility index (Phi) is 7.99. The molecule has 4 rings (SSSR count). The number of ketones is 1. The van der Waals surface area contributed by atoms with Gasteiger partial charge >= 0.3 is 12.4 Å². The zero-order valence-corrected chi connectivity index (χ0v) is 20.8. The third-order valence-electron chi connectivity index (χ3n) is 6.00. The van der Waals surface area contributed by atoms with Crippen molar-refractivity contribution in [2.45, 2.75) is 38.5 Å². The van der Waals surface area contributed by atoms with Crippen molar-refractivity contribution in [3.8, 4) is 22.5 Å². The average Bonchev–Trinajstić information content (AvgIpc) is 3.27. The highest BCUT2D eigenvalue weighted by Gasteiger charge is 2.30. The minimum absolute atomic E-state index is 0.0445. The number of amides is 1. The molecular formula is C28H21F7N2O3. The molecule has 2 aromatic heterocycles. The second-order valence-corrected chi connectivity index (χ2v) is 8.92. The lowest BCUT2D eigenvalue weighted by Crippen LogP contribution is -2.33. The van der Waals surface area contributed by atoms with Crippen LogP contribution in [0.4, 0.5) is 30.7 Å². The smallest absolute Gasteiger partial charge is 0.405 e. The van der Waals surface area contributed by atoms with Crippen LogP contribution in [-0.4, -0.2) is 35.6 Å². The number of hydrogen-bond acceptors (Lipinski definition) is 4. The molecule has 210 valence electrons. The summed E-state index contributed by atoms with van der Waals surface area (Å²) in [6.45, 7) is 0.0365. The van der Waals surface area contributed by atoms with Gasteiger partial charge in [-0.25, -0.2) is 9.37 Å². The number of hydrogen-bond donors (Lipinski definition) is 1. The second-order valence-electron chi connectivity index (χ2n) is 8.92. The molecule has 0 bridgehead atoms. The number of Topliss-reactive ketones (excluding diaryl/α,β-unsaturated/α-hetero) is 1. The molecule has 12 heteroatoms. The van der Waals surface area contributed by atoms with Crippen molar-refractivity contribution in [1.82, 2.24) is 10.3 Å². The zero-order chi connectivity index (χ0) is 29.2. The van der Waals surface area contributed by atoms with E-state index < -0.39 is 43.5 Å². The number of halogens is 7. The van der Waals surface area contributed by atoms with Crippen LogP contribution in [0.1, 0.15) is 46.2 Å². The predicted octanol–water partition coefficient (Wildman–Crippen LogP) is 7.68. The van der Waals surface area contributed by atoms with Crippen LogP contribution in [0, 0.1) is 5.82 Å². The Hall–Kier alpha value is -4.22. The number of aryl methyl sites for hydroxylation is 1. The van der Waals surface area contributed by atoms with Crippen LogP contribution >= 0.6 is 0 Å². The lowest BCUT2D eigenvalue weighted by atomic mass is 9.95.